The van der Waals surface area contributed by atoms with Gasteiger partial charge < -0.3 is 24.8 Å². The second-order valence-corrected chi connectivity index (χ2v) is 6.95. The second-order valence-electron chi connectivity index (χ2n) is 6.95. The smallest absolute Gasteiger partial charge is 0.407 e. The van der Waals surface area contributed by atoms with E-state index in [2.05, 4.69) is 22.5 Å². The number of nitrogens with zero attached hydrogens (tertiary/aromatic N) is 1. The van der Waals surface area contributed by atoms with E-state index in [1.807, 2.05) is 32.9 Å². The lowest BCUT2D eigenvalue weighted by atomic mass is 9.97. The third-order valence-electron chi connectivity index (χ3n) is 3.83. The van der Waals surface area contributed by atoms with E-state index in [4.69, 9.17) is 14.2 Å². The monoisotopic (exact) mass is 351 g/mol. The molecule has 0 bridgehead atoms. The fourth-order valence-electron chi connectivity index (χ4n) is 2.84. The van der Waals surface area contributed by atoms with E-state index in [0.29, 0.717) is 26.3 Å². The van der Waals surface area contributed by atoms with Crippen LogP contribution in [0.3, 0.4) is 0 Å². The SMILES string of the molecule is CCC(NCCNC(=O)OC(C)(C)C)C1(c2cccnc2)OCCO1. The summed E-state index contributed by atoms with van der Waals surface area (Å²) in [6, 6.07) is 3.78. The molecule has 7 nitrogen and oxygen atoms in total. The Labute approximate surface area is 149 Å². The third kappa shape index (κ3) is 5.39. The normalized spacial score (nSPS) is 17.9. The maximum absolute atomic E-state index is 11.7. The van der Waals surface area contributed by atoms with Gasteiger partial charge in [-0.25, -0.2) is 4.79 Å². The van der Waals surface area contributed by atoms with Crippen LogP contribution in [-0.2, 0) is 20.0 Å². The van der Waals surface area contributed by atoms with Gasteiger partial charge in [-0.05, 0) is 33.3 Å². The van der Waals surface area contributed by atoms with Gasteiger partial charge >= 0.3 is 6.09 Å². The lowest BCUT2D eigenvalue weighted by Crippen LogP contribution is -2.51. The summed E-state index contributed by atoms with van der Waals surface area (Å²) in [5, 5.41) is 6.16. The number of ether oxygens (including phenoxy) is 3. The Morgan fingerprint density at radius 3 is 2.64 bits per heavy atom. The predicted molar refractivity (Wildman–Crippen MR) is 94.1 cm³/mol. The summed E-state index contributed by atoms with van der Waals surface area (Å²) < 4.78 is 17.2. The molecule has 2 rings (SSSR count). The average Bonchev–Trinajstić information content (AvgIpc) is 3.05. The van der Waals surface area contributed by atoms with Crippen LogP contribution in [0.1, 0.15) is 39.7 Å². The van der Waals surface area contributed by atoms with Crippen molar-refractivity contribution in [3.8, 4) is 0 Å². The molecule has 140 valence electrons. The highest BCUT2D eigenvalue weighted by Crippen LogP contribution is 2.35. The minimum absolute atomic E-state index is 0.0559. The molecular weight excluding hydrogens is 322 g/mol. The molecule has 1 unspecified atom stereocenters. The molecule has 1 aromatic heterocycles. The fourth-order valence-corrected chi connectivity index (χ4v) is 2.84. The van der Waals surface area contributed by atoms with E-state index in [1.54, 1.807) is 12.4 Å². The molecule has 1 aliphatic rings. The molecule has 1 aliphatic heterocycles. The molecule has 1 amide bonds. The highest BCUT2D eigenvalue weighted by Gasteiger charge is 2.45. The van der Waals surface area contributed by atoms with Crippen molar-refractivity contribution in [3.05, 3.63) is 30.1 Å². The molecule has 1 fully saturated rings. The van der Waals surface area contributed by atoms with Crippen LogP contribution in [0.4, 0.5) is 4.79 Å². The van der Waals surface area contributed by atoms with Crippen molar-refractivity contribution < 1.29 is 19.0 Å². The highest BCUT2D eigenvalue weighted by atomic mass is 16.7. The number of rotatable bonds is 7. The van der Waals surface area contributed by atoms with Gasteiger partial charge in [0.05, 0.1) is 19.3 Å². The van der Waals surface area contributed by atoms with Gasteiger partial charge in [0.15, 0.2) is 0 Å². The van der Waals surface area contributed by atoms with Crippen LogP contribution >= 0.6 is 0 Å². The maximum Gasteiger partial charge on any atom is 0.407 e. The van der Waals surface area contributed by atoms with Gasteiger partial charge in [-0.2, -0.15) is 0 Å². The summed E-state index contributed by atoms with van der Waals surface area (Å²) in [7, 11) is 0. The minimum Gasteiger partial charge on any atom is -0.444 e. The van der Waals surface area contributed by atoms with Gasteiger partial charge in [0, 0.05) is 31.0 Å². The first-order chi connectivity index (χ1) is 11.9. The van der Waals surface area contributed by atoms with Crippen molar-refractivity contribution in [2.24, 2.45) is 0 Å². The first kappa shape index (κ1) is 19.6. The topological polar surface area (TPSA) is 81.7 Å². The average molecular weight is 351 g/mol. The molecule has 0 aliphatic carbocycles. The number of hydrogen-bond acceptors (Lipinski definition) is 6. The third-order valence-corrected chi connectivity index (χ3v) is 3.83. The van der Waals surface area contributed by atoms with E-state index in [0.717, 1.165) is 12.0 Å². The summed E-state index contributed by atoms with van der Waals surface area (Å²) in [6.07, 6.45) is 3.89. The standard InChI is InChI=1S/C18H29N3O4/c1-5-15(20-9-10-21-16(22)25-17(2,3)4)18(23-11-12-24-18)14-7-6-8-19-13-14/h6-8,13,15,20H,5,9-12H2,1-4H3,(H,21,22). The second kappa shape index (κ2) is 8.60. The molecule has 2 N–H and O–H groups in total. The minimum atomic E-state index is -0.838. The van der Waals surface area contributed by atoms with Crippen LogP contribution in [0.25, 0.3) is 0 Å². The van der Waals surface area contributed by atoms with Gasteiger partial charge in [0.2, 0.25) is 5.79 Å². The Balaban J connectivity index is 1.91. The molecule has 2 heterocycles. The number of nitrogens with one attached hydrogen (secondary N) is 2. The Kier molecular flexibility index (Phi) is 6.75. The van der Waals surface area contributed by atoms with Crippen molar-refractivity contribution in [2.45, 2.75) is 51.5 Å². The van der Waals surface area contributed by atoms with Crippen molar-refractivity contribution in [1.29, 1.82) is 0 Å². The van der Waals surface area contributed by atoms with E-state index in [-0.39, 0.29) is 6.04 Å². The van der Waals surface area contributed by atoms with E-state index >= 15 is 0 Å². The van der Waals surface area contributed by atoms with E-state index in [9.17, 15) is 4.79 Å². The van der Waals surface area contributed by atoms with Crippen molar-refractivity contribution in [3.63, 3.8) is 0 Å². The molecule has 0 spiro atoms. The van der Waals surface area contributed by atoms with E-state index in [1.165, 1.54) is 0 Å². The zero-order chi connectivity index (χ0) is 18.3. The lowest BCUT2D eigenvalue weighted by Gasteiger charge is -2.36. The summed E-state index contributed by atoms with van der Waals surface area (Å²) in [5.41, 5.74) is 0.395. The van der Waals surface area contributed by atoms with Crippen LogP contribution in [0.15, 0.2) is 24.5 Å². The number of pyridine rings is 1. The zero-order valence-electron chi connectivity index (χ0n) is 15.5. The van der Waals surface area contributed by atoms with Gasteiger partial charge in [-0.3, -0.25) is 4.98 Å². The van der Waals surface area contributed by atoms with Crippen LogP contribution in [0.2, 0.25) is 0 Å². The van der Waals surface area contributed by atoms with Crippen LogP contribution in [0, 0.1) is 0 Å². The molecule has 1 aromatic rings. The molecule has 0 saturated carbocycles. The van der Waals surface area contributed by atoms with Gasteiger partial charge in [0.1, 0.15) is 5.60 Å². The number of hydrogen-bond donors (Lipinski definition) is 2. The molecule has 7 heteroatoms. The summed E-state index contributed by atoms with van der Waals surface area (Å²) in [6.45, 7) is 9.70. The Bertz CT molecular complexity index is 539. The first-order valence-corrected chi connectivity index (χ1v) is 8.76. The molecule has 1 saturated heterocycles. The zero-order valence-corrected chi connectivity index (χ0v) is 15.5. The summed E-state index contributed by atoms with van der Waals surface area (Å²) in [4.78, 5) is 15.9. The number of aromatic nitrogens is 1. The Morgan fingerprint density at radius 2 is 2.08 bits per heavy atom. The van der Waals surface area contributed by atoms with Crippen LogP contribution < -0.4 is 10.6 Å². The number of alkyl carbamates (subject to hydrolysis) is 1. The van der Waals surface area contributed by atoms with Crippen molar-refractivity contribution in [1.82, 2.24) is 15.6 Å². The van der Waals surface area contributed by atoms with Gasteiger partial charge in [0.25, 0.3) is 0 Å². The summed E-state index contributed by atoms with van der Waals surface area (Å²) in [5.74, 6) is -0.838. The van der Waals surface area contributed by atoms with Crippen molar-refractivity contribution >= 4 is 6.09 Å². The van der Waals surface area contributed by atoms with Crippen LogP contribution in [0.5, 0.6) is 0 Å². The molecule has 0 aromatic carbocycles. The molecule has 0 radical (unpaired) electrons. The largest absolute Gasteiger partial charge is 0.444 e. The first-order valence-electron chi connectivity index (χ1n) is 8.76. The number of carbonyl (C=O) groups excluding carboxylic acids is 1. The predicted octanol–water partition coefficient (Wildman–Crippen LogP) is 2.17. The number of carbonyl (C=O) groups is 1. The molecular formula is C18H29N3O4. The van der Waals surface area contributed by atoms with Crippen molar-refractivity contribution in [2.75, 3.05) is 26.3 Å². The quantitative estimate of drug-likeness (QED) is 0.733. The molecule has 1 atom stereocenters. The van der Waals surface area contributed by atoms with E-state index < -0.39 is 17.5 Å². The lowest BCUT2D eigenvalue weighted by molar-refractivity contribution is -0.189. The van der Waals surface area contributed by atoms with Gasteiger partial charge in [-0.15, -0.1) is 0 Å². The summed E-state index contributed by atoms with van der Waals surface area (Å²) >= 11 is 0. The molecule has 25 heavy (non-hydrogen) atoms. The number of amides is 1. The van der Waals surface area contributed by atoms with Gasteiger partial charge in [-0.1, -0.05) is 13.0 Å². The maximum atomic E-state index is 11.7. The Morgan fingerprint density at radius 1 is 1.36 bits per heavy atom. The fraction of sp³-hybridized carbons (Fsp3) is 0.667. The van der Waals surface area contributed by atoms with Crippen LogP contribution in [-0.4, -0.2) is 49.0 Å². The highest BCUT2D eigenvalue weighted by molar-refractivity contribution is 5.67. The Hall–Kier alpha value is -1.70.